The van der Waals surface area contributed by atoms with E-state index in [0.717, 1.165) is 60.6 Å². The first-order valence-electron chi connectivity index (χ1n) is 13.9. The molecule has 0 aliphatic carbocycles. The standard InChI is InChI=1S/C32H36ClN5O2/c1-3-4-16-37-17-19-38(20-18-37)22-29(39)36(2)26-13-11-25(12-14-26)34-31(23-8-6-5-7-9-23)30-27-15-10-24(33)21-28(27)35-32(30)40/h5-15,21,35,40H,3-4,16-20,22H2,1-2H3. The van der Waals surface area contributed by atoms with Gasteiger partial charge in [0.05, 0.1) is 29.0 Å². The second-order valence-electron chi connectivity index (χ2n) is 10.3. The summed E-state index contributed by atoms with van der Waals surface area (Å²) in [6.45, 7) is 7.67. The van der Waals surface area contributed by atoms with Crippen molar-refractivity contribution in [3.8, 4) is 5.88 Å². The van der Waals surface area contributed by atoms with Gasteiger partial charge in [-0.3, -0.25) is 9.69 Å². The molecule has 0 atom stereocenters. The number of H-pyrrole nitrogens is 1. The Kier molecular flexibility index (Phi) is 8.85. The number of unbranched alkanes of at least 4 members (excludes halogenated alkanes) is 1. The van der Waals surface area contributed by atoms with Gasteiger partial charge in [-0.15, -0.1) is 0 Å². The van der Waals surface area contributed by atoms with Gasteiger partial charge in [-0.2, -0.15) is 0 Å². The molecule has 208 valence electrons. The number of halogens is 1. The van der Waals surface area contributed by atoms with Gasteiger partial charge in [-0.05, 0) is 49.4 Å². The second kappa shape index (κ2) is 12.7. The van der Waals surface area contributed by atoms with Crippen LogP contribution in [0.25, 0.3) is 10.9 Å². The third-order valence-electron chi connectivity index (χ3n) is 7.53. The number of benzene rings is 3. The van der Waals surface area contributed by atoms with E-state index in [1.165, 1.54) is 12.8 Å². The average Bonchev–Trinajstić information content (AvgIpc) is 3.30. The van der Waals surface area contributed by atoms with E-state index < -0.39 is 0 Å². The largest absolute Gasteiger partial charge is 0.494 e. The van der Waals surface area contributed by atoms with Gasteiger partial charge in [0.1, 0.15) is 0 Å². The van der Waals surface area contributed by atoms with Gasteiger partial charge in [0.15, 0.2) is 5.88 Å². The minimum Gasteiger partial charge on any atom is -0.494 e. The number of aromatic hydroxyl groups is 1. The summed E-state index contributed by atoms with van der Waals surface area (Å²) in [6.07, 6.45) is 2.44. The first-order valence-corrected chi connectivity index (χ1v) is 14.3. The Bertz CT molecular complexity index is 1470. The molecule has 0 saturated carbocycles. The summed E-state index contributed by atoms with van der Waals surface area (Å²) in [4.78, 5) is 27.5. The predicted octanol–water partition coefficient (Wildman–Crippen LogP) is 6.08. The molecule has 0 bridgehead atoms. The van der Waals surface area contributed by atoms with Crippen molar-refractivity contribution in [1.82, 2.24) is 14.8 Å². The highest BCUT2D eigenvalue weighted by Gasteiger charge is 2.21. The molecule has 1 aromatic heterocycles. The molecule has 2 heterocycles. The molecule has 8 heteroatoms. The third-order valence-corrected chi connectivity index (χ3v) is 7.76. The number of fused-ring (bicyclic) bond motifs is 1. The predicted molar refractivity (Wildman–Crippen MR) is 164 cm³/mol. The van der Waals surface area contributed by atoms with Gasteiger partial charge < -0.3 is 19.9 Å². The van der Waals surface area contributed by atoms with E-state index in [1.807, 2.05) is 67.7 Å². The van der Waals surface area contributed by atoms with Gasteiger partial charge >= 0.3 is 0 Å². The van der Waals surface area contributed by atoms with E-state index >= 15 is 0 Å². The SMILES string of the molecule is CCCCN1CCN(CC(=O)N(C)c2ccc(N=C(c3ccccc3)c3c(O)[nH]c4cc(Cl)ccc34)cc2)CC1. The van der Waals surface area contributed by atoms with E-state index in [-0.39, 0.29) is 11.8 Å². The molecule has 1 saturated heterocycles. The van der Waals surface area contributed by atoms with Crippen molar-refractivity contribution in [2.45, 2.75) is 19.8 Å². The summed E-state index contributed by atoms with van der Waals surface area (Å²) < 4.78 is 0. The Hall–Kier alpha value is -3.65. The highest BCUT2D eigenvalue weighted by molar-refractivity contribution is 6.31. The molecule has 1 aliphatic rings. The zero-order chi connectivity index (χ0) is 28.1. The van der Waals surface area contributed by atoms with Crippen LogP contribution < -0.4 is 4.90 Å². The number of hydrogen-bond donors (Lipinski definition) is 2. The van der Waals surface area contributed by atoms with E-state index in [2.05, 4.69) is 21.7 Å². The first kappa shape index (κ1) is 27.9. The lowest BCUT2D eigenvalue weighted by Gasteiger charge is -2.35. The highest BCUT2D eigenvalue weighted by atomic mass is 35.5. The molecule has 2 N–H and O–H groups in total. The Labute approximate surface area is 240 Å². The molecule has 7 nitrogen and oxygen atoms in total. The van der Waals surface area contributed by atoms with Crippen LogP contribution in [0, 0.1) is 0 Å². The lowest BCUT2D eigenvalue weighted by molar-refractivity contribution is -0.119. The maximum atomic E-state index is 13.1. The number of nitrogens with zero attached hydrogens (tertiary/aromatic N) is 4. The smallest absolute Gasteiger partial charge is 0.240 e. The molecule has 3 aromatic carbocycles. The number of aromatic nitrogens is 1. The van der Waals surface area contributed by atoms with Crippen molar-refractivity contribution < 1.29 is 9.90 Å². The van der Waals surface area contributed by atoms with Crippen LogP contribution in [0.4, 0.5) is 11.4 Å². The number of carbonyl (C=O) groups is 1. The molecule has 0 unspecified atom stereocenters. The molecule has 1 fully saturated rings. The van der Waals surface area contributed by atoms with E-state index in [1.54, 1.807) is 17.0 Å². The number of hydrogen-bond acceptors (Lipinski definition) is 5. The summed E-state index contributed by atoms with van der Waals surface area (Å²) >= 11 is 6.18. The van der Waals surface area contributed by atoms with Crippen LogP contribution in [-0.4, -0.2) is 77.8 Å². The average molecular weight is 558 g/mol. The van der Waals surface area contributed by atoms with Gasteiger partial charge in [0.25, 0.3) is 0 Å². The molecule has 4 aromatic rings. The van der Waals surface area contributed by atoms with E-state index in [0.29, 0.717) is 22.8 Å². The number of rotatable bonds is 9. The van der Waals surface area contributed by atoms with Crippen LogP contribution in [0.3, 0.4) is 0 Å². The van der Waals surface area contributed by atoms with Crippen molar-refractivity contribution in [1.29, 1.82) is 0 Å². The van der Waals surface area contributed by atoms with Gasteiger partial charge in [-0.1, -0.05) is 61.3 Å². The number of aliphatic imine (C=N–C) groups is 1. The fourth-order valence-corrected chi connectivity index (χ4v) is 5.30. The van der Waals surface area contributed by atoms with Crippen LogP contribution in [0.1, 0.15) is 30.9 Å². The summed E-state index contributed by atoms with van der Waals surface area (Å²) in [7, 11) is 1.82. The molecule has 1 aliphatic heterocycles. The van der Waals surface area contributed by atoms with Crippen LogP contribution >= 0.6 is 11.6 Å². The molecule has 1 amide bonds. The summed E-state index contributed by atoms with van der Waals surface area (Å²) in [5.74, 6) is 0.110. The monoisotopic (exact) mass is 557 g/mol. The Morgan fingerprint density at radius 2 is 1.70 bits per heavy atom. The van der Waals surface area contributed by atoms with Gasteiger partial charge in [0.2, 0.25) is 5.91 Å². The number of aromatic amines is 1. The maximum Gasteiger partial charge on any atom is 0.240 e. The lowest BCUT2D eigenvalue weighted by Crippen LogP contribution is -2.49. The number of nitrogens with one attached hydrogen (secondary N) is 1. The molecule has 0 spiro atoms. The van der Waals surface area contributed by atoms with Crippen molar-refractivity contribution >= 4 is 45.5 Å². The van der Waals surface area contributed by atoms with Crippen molar-refractivity contribution in [2.24, 2.45) is 4.99 Å². The summed E-state index contributed by atoms with van der Waals surface area (Å²) in [5, 5.41) is 12.3. The molecular formula is C32H36ClN5O2. The van der Waals surface area contributed by atoms with Crippen molar-refractivity contribution in [2.75, 3.05) is 51.2 Å². The third kappa shape index (κ3) is 6.39. The lowest BCUT2D eigenvalue weighted by atomic mass is 10.0. The number of anilines is 1. The Morgan fingerprint density at radius 3 is 2.40 bits per heavy atom. The topological polar surface area (TPSA) is 75.2 Å². The molecule has 0 radical (unpaired) electrons. The van der Waals surface area contributed by atoms with Crippen LogP contribution in [0.2, 0.25) is 5.02 Å². The molecule has 40 heavy (non-hydrogen) atoms. The number of likely N-dealkylation sites (N-methyl/N-ethyl adjacent to an activating group) is 1. The Balaban J connectivity index is 1.34. The van der Waals surface area contributed by atoms with Crippen molar-refractivity contribution in [3.63, 3.8) is 0 Å². The number of carbonyl (C=O) groups excluding carboxylic acids is 1. The summed E-state index contributed by atoms with van der Waals surface area (Å²) in [5.41, 5.74) is 4.40. The van der Waals surface area contributed by atoms with Crippen LogP contribution in [-0.2, 0) is 4.79 Å². The minimum absolute atomic E-state index is 0.0352. The van der Waals surface area contributed by atoms with Crippen molar-refractivity contribution in [3.05, 3.63) is 88.9 Å². The first-order chi connectivity index (χ1) is 19.4. The van der Waals surface area contributed by atoms with Gasteiger partial charge in [0, 0.05) is 54.9 Å². The fraction of sp³-hybridized carbons (Fsp3) is 0.312. The number of piperazine rings is 1. The van der Waals surface area contributed by atoms with Gasteiger partial charge in [-0.25, -0.2) is 4.99 Å². The Morgan fingerprint density at radius 1 is 1.00 bits per heavy atom. The highest BCUT2D eigenvalue weighted by Crippen LogP contribution is 2.33. The maximum absolute atomic E-state index is 13.1. The summed E-state index contributed by atoms with van der Waals surface area (Å²) in [6, 6.07) is 22.9. The zero-order valence-electron chi connectivity index (χ0n) is 23.1. The van der Waals surface area contributed by atoms with Crippen LogP contribution in [0.15, 0.2) is 77.8 Å². The number of amides is 1. The van der Waals surface area contributed by atoms with E-state index in [9.17, 15) is 9.90 Å². The van der Waals surface area contributed by atoms with E-state index in [4.69, 9.17) is 16.6 Å². The molecular weight excluding hydrogens is 522 g/mol. The second-order valence-corrected chi connectivity index (χ2v) is 10.7. The zero-order valence-corrected chi connectivity index (χ0v) is 23.9. The minimum atomic E-state index is 0.0352. The van der Waals surface area contributed by atoms with Crippen LogP contribution in [0.5, 0.6) is 5.88 Å². The molecule has 5 rings (SSSR count). The normalized spacial score (nSPS) is 15.0. The quantitative estimate of drug-likeness (QED) is 0.245. The fourth-order valence-electron chi connectivity index (χ4n) is 5.13.